The lowest BCUT2D eigenvalue weighted by Gasteiger charge is -2.10. The Balaban J connectivity index is 4.56. The van der Waals surface area contributed by atoms with Crippen molar-refractivity contribution in [1.29, 1.82) is 0 Å². The first kappa shape index (κ1) is 12.5. The molecule has 0 fully saturated rings. The van der Waals surface area contributed by atoms with Crippen LogP contribution >= 0.6 is 0 Å². The fraction of sp³-hybridized carbons (Fsp3) is 0.222. The number of ether oxygens (including phenoxy) is 1. The monoisotopic (exact) mass is 206 g/mol. The Hall–Kier alpha value is -1.52. The smallest absolute Gasteiger partial charge is 0.406 e. The largest absolute Gasteiger partial charge is 0.573 e. The molecule has 2 nitrogen and oxygen atoms in total. The van der Waals surface area contributed by atoms with Crippen LogP contribution in [0, 0.1) is 0 Å². The van der Waals surface area contributed by atoms with Gasteiger partial charge in [-0.05, 0) is 13.0 Å². The topological polar surface area (TPSA) is 26.3 Å². The standard InChI is InChI=1S/C9H9F3O2/c1-3-4-5-8(6-13)7(2)14-9(10,11)12/h3-6H,2H2,1H3/b4-3-,8-5-. The van der Waals surface area contributed by atoms with Crippen LogP contribution in [0.2, 0.25) is 0 Å². The maximum Gasteiger partial charge on any atom is 0.573 e. The minimum atomic E-state index is -4.82. The van der Waals surface area contributed by atoms with E-state index in [1.54, 1.807) is 13.0 Å². The summed E-state index contributed by atoms with van der Waals surface area (Å²) in [4.78, 5) is 10.3. The fourth-order valence-corrected chi connectivity index (χ4v) is 0.596. The number of carbonyl (C=O) groups is 1. The van der Waals surface area contributed by atoms with Gasteiger partial charge in [-0.3, -0.25) is 4.79 Å². The minimum absolute atomic E-state index is 0.244. The van der Waals surface area contributed by atoms with Crippen LogP contribution in [0.15, 0.2) is 36.1 Å². The number of allylic oxidation sites excluding steroid dienone is 4. The lowest BCUT2D eigenvalue weighted by atomic mass is 10.2. The Bertz CT molecular complexity index is 274. The second-order valence-electron chi connectivity index (χ2n) is 2.24. The minimum Gasteiger partial charge on any atom is -0.406 e. The third kappa shape index (κ3) is 5.18. The van der Waals surface area contributed by atoms with Gasteiger partial charge in [0.15, 0.2) is 6.29 Å². The number of rotatable bonds is 4. The highest BCUT2D eigenvalue weighted by atomic mass is 19.4. The molecule has 0 aliphatic carbocycles. The predicted molar refractivity (Wildman–Crippen MR) is 45.2 cm³/mol. The van der Waals surface area contributed by atoms with E-state index in [1.807, 2.05) is 0 Å². The molecule has 0 aromatic carbocycles. The molecular formula is C9H9F3O2. The maximum absolute atomic E-state index is 11.7. The molecule has 0 radical (unpaired) electrons. The molecular weight excluding hydrogens is 197 g/mol. The van der Waals surface area contributed by atoms with Crippen LogP contribution in [0.4, 0.5) is 13.2 Å². The van der Waals surface area contributed by atoms with Gasteiger partial charge in [0, 0.05) is 0 Å². The highest BCUT2D eigenvalue weighted by Crippen LogP contribution is 2.22. The Labute approximate surface area is 79.4 Å². The molecule has 0 saturated carbocycles. The zero-order chi connectivity index (χ0) is 11.2. The quantitative estimate of drug-likeness (QED) is 0.306. The molecule has 0 spiro atoms. The molecule has 14 heavy (non-hydrogen) atoms. The van der Waals surface area contributed by atoms with Gasteiger partial charge in [0.1, 0.15) is 5.76 Å². The summed E-state index contributed by atoms with van der Waals surface area (Å²) < 4.78 is 38.5. The number of alkyl halides is 3. The van der Waals surface area contributed by atoms with Crippen LogP contribution in [0.25, 0.3) is 0 Å². The van der Waals surface area contributed by atoms with Crippen molar-refractivity contribution < 1.29 is 22.7 Å². The fourth-order valence-electron chi connectivity index (χ4n) is 0.596. The van der Waals surface area contributed by atoms with E-state index in [1.165, 1.54) is 12.2 Å². The van der Waals surface area contributed by atoms with Crippen molar-refractivity contribution in [2.75, 3.05) is 0 Å². The van der Waals surface area contributed by atoms with Crippen molar-refractivity contribution in [3.8, 4) is 0 Å². The molecule has 0 atom stereocenters. The van der Waals surface area contributed by atoms with Crippen molar-refractivity contribution in [3.05, 3.63) is 36.1 Å². The third-order valence-electron chi connectivity index (χ3n) is 1.16. The lowest BCUT2D eigenvalue weighted by Crippen LogP contribution is -2.13. The molecule has 0 heterocycles. The summed E-state index contributed by atoms with van der Waals surface area (Å²) in [6.07, 6.45) is -0.427. The zero-order valence-electron chi connectivity index (χ0n) is 7.47. The average Bonchev–Trinajstić information content (AvgIpc) is 2.02. The molecule has 0 unspecified atom stereocenters. The number of hydrogen-bond acceptors (Lipinski definition) is 2. The first-order valence-corrected chi connectivity index (χ1v) is 3.64. The van der Waals surface area contributed by atoms with E-state index < -0.39 is 12.1 Å². The summed E-state index contributed by atoms with van der Waals surface area (Å²) >= 11 is 0. The molecule has 5 heteroatoms. The van der Waals surface area contributed by atoms with Gasteiger partial charge in [0.05, 0.1) is 5.57 Å². The highest BCUT2D eigenvalue weighted by molar-refractivity contribution is 5.79. The number of hydrogen-bond donors (Lipinski definition) is 0. The van der Waals surface area contributed by atoms with Gasteiger partial charge in [0.2, 0.25) is 0 Å². The molecule has 0 aliphatic heterocycles. The van der Waals surface area contributed by atoms with Crippen LogP contribution < -0.4 is 0 Å². The zero-order valence-corrected chi connectivity index (χ0v) is 7.47. The SMILES string of the molecule is C=C(OC(F)(F)F)/C(C=O)=C\C=C/C. The van der Waals surface area contributed by atoms with E-state index in [9.17, 15) is 18.0 Å². The van der Waals surface area contributed by atoms with Gasteiger partial charge >= 0.3 is 6.36 Å². The van der Waals surface area contributed by atoms with E-state index in [0.29, 0.717) is 0 Å². The van der Waals surface area contributed by atoms with Crippen molar-refractivity contribution >= 4 is 6.29 Å². The van der Waals surface area contributed by atoms with E-state index >= 15 is 0 Å². The van der Waals surface area contributed by atoms with Crippen LogP contribution in [0.1, 0.15) is 6.92 Å². The summed E-state index contributed by atoms with van der Waals surface area (Å²) in [6.45, 7) is 4.65. The van der Waals surface area contributed by atoms with Crippen molar-refractivity contribution in [3.63, 3.8) is 0 Å². The molecule has 78 valence electrons. The molecule has 0 amide bonds. The molecule has 0 N–H and O–H groups in total. The van der Waals surface area contributed by atoms with Gasteiger partial charge in [-0.25, -0.2) is 0 Å². The van der Waals surface area contributed by atoms with E-state index in [0.717, 1.165) is 0 Å². The average molecular weight is 206 g/mol. The predicted octanol–water partition coefficient (Wildman–Crippen LogP) is 2.74. The van der Waals surface area contributed by atoms with Gasteiger partial charge in [-0.2, -0.15) is 0 Å². The van der Waals surface area contributed by atoms with E-state index in [2.05, 4.69) is 11.3 Å². The Kier molecular flexibility index (Phi) is 4.69. The lowest BCUT2D eigenvalue weighted by molar-refractivity contribution is -0.303. The Morgan fingerprint density at radius 2 is 2.00 bits per heavy atom. The Morgan fingerprint density at radius 1 is 1.43 bits per heavy atom. The molecule has 0 saturated heterocycles. The van der Waals surface area contributed by atoms with Gasteiger partial charge in [-0.1, -0.05) is 18.7 Å². The molecule has 0 aliphatic rings. The second kappa shape index (κ2) is 5.26. The number of aldehydes is 1. The highest BCUT2D eigenvalue weighted by Gasteiger charge is 2.32. The summed E-state index contributed by atoms with van der Waals surface area (Å²) in [5.74, 6) is -0.717. The van der Waals surface area contributed by atoms with Crippen LogP contribution in [0.3, 0.4) is 0 Å². The normalized spacial score (nSPS) is 13.0. The van der Waals surface area contributed by atoms with Gasteiger partial charge in [0.25, 0.3) is 0 Å². The molecule has 0 aromatic heterocycles. The van der Waals surface area contributed by atoms with Gasteiger partial charge < -0.3 is 4.74 Å². The number of carbonyl (C=O) groups excluding carboxylic acids is 1. The third-order valence-corrected chi connectivity index (χ3v) is 1.16. The van der Waals surface area contributed by atoms with Crippen LogP contribution in [0.5, 0.6) is 0 Å². The first-order chi connectivity index (χ1) is 6.40. The van der Waals surface area contributed by atoms with Crippen molar-refractivity contribution in [2.24, 2.45) is 0 Å². The molecule has 0 aromatic rings. The molecule has 0 rings (SSSR count). The maximum atomic E-state index is 11.7. The summed E-state index contributed by atoms with van der Waals surface area (Å²) in [5, 5.41) is 0. The van der Waals surface area contributed by atoms with E-state index in [4.69, 9.17) is 0 Å². The van der Waals surface area contributed by atoms with Crippen molar-refractivity contribution in [2.45, 2.75) is 13.3 Å². The Morgan fingerprint density at radius 3 is 2.36 bits per heavy atom. The molecule has 0 bridgehead atoms. The van der Waals surface area contributed by atoms with Gasteiger partial charge in [-0.15, -0.1) is 13.2 Å². The summed E-state index contributed by atoms with van der Waals surface area (Å²) in [5.41, 5.74) is -0.250. The van der Waals surface area contributed by atoms with Crippen LogP contribution in [-0.2, 0) is 9.53 Å². The second-order valence-corrected chi connectivity index (χ2v) is 2.24. The van der Waals surface area contributed by atoms with Crippen LogP contribution in [-0.4, -0.2) is 12.6 Å². The summed E-state index contributed by atoms with van der Waals surface area (Å²) in [6, 6.07) is 0. The first-order valence-electron chi connectivity index (χ1n) is 3.64. The van der Waals surface area contributed by atoms with E-state index in [-0.39, 0.29) is 11.9 Å². The number of halogens is 3. The summed E-state index contributed by atoms with van der Waals surface area (Å²) in [7, 11) is 0. The van der Waals surface area contributed by atoms with Crippen molar-refractivity contribution in [1.82, 2.24) is 0 Å².